The highest BCUT2D eigenvalue weighted by Crippen LogP contribution is 2.16. The molecule has 130 valence electrons. The molecule has 0 aliphatic rings. The molecule has 0 radical (unpaired) electrons. The molecule has 0 unspecified atom stereocenters. The predicted molar refractivity (Wildman–Crippen MR) is 89.5 cm³/mol. The van der Waals surface area contributed by atoms with E-state index in [-0.39, 0.29) is 5.91 Å². The highest BCUT2D eigenvalue weighted by Gasteiger charge is 2.23. The number of nitrogens with zero attached hydrogens (tertiary/aromatic N) is 7. The van der Waals surface area contributed by atoms with Gasteiger partial charge in [-0.2, -0.15) is 5.10 Å². The molecule has 1 N–H and O–H groups in total. The first kappa shape index (κ1) is 16.7. The van der Waals surface area contributed by atoms with Crippen LogP contribution >= 0.6 is 0 Å². The molecular weight excluding hydrogens is 320 g/mol. The minimum absolute atomic E-state index is 0.148. The Balaban J connectivity index is 1.60. The van der Waals surface area contributed by atoms with Gasteiger partial charge in [-0.1, -0.05) is 30.3 Å². The summed E-state index contributed by atoms with van der Waals surface area (Å²) in [6.07, 6.45) is 2.20. The summed E-state index contributed by atoms with van der Waals surface area (Å²) in [6.45, 7) is 5.01. The predicted octanol–water partition coefficient (Wildman–Crippen LogP) is 0.677. The molecule has 0 aliphatic carbocycles. The molecule has 1 atom stereocenters. The van der Waals surface area contributed by atoms with Gasteiger partial charge in [0.25, 0.3) is 0 Å². The molecule has 25 heavy (non-hydrogen) atoms. The zero-order chi connectivity index (χ0) is 17.6. The van der Waals surface area contributed by atoms with Crippen molar-refractivity contribution in [1.82, 2.24) is 40.3 Å². The number of aryl methyl sites for hydroxylation is 3. The van der Waals surface area contributed by atoms with Crippen molar-refractivity contribution in [3.63, 3.8) is 0 Å². The summed E-state index contributed by atoms with van der Waals surface area (Å²) >= 11 is 0. The average molecular weight is 340 g/mol. The number of hydrogen-bond donors (Lipinski definition) is 1. The lowest BCUT2D eigenvalue weighted by molar-refractivity contribution is -0.123. The van der Waals surface area contributed by atoms with E-state index in [2.05, 4.69) is 30.9 Å². The lowest BCUT2D eigenvalue weighted by atomic mass is 10.1. The van der Waals surface area contributed by atoms with E-state index in [1.165, 1.54) is 11.0 Å². The molecule has 9 heteroatoms. The fourth-order valence-corrected chi connectivity index (χ4v) is 2.66. The van der Waals surface area contributed by atoms with Crippen LogP contribution in [-0.2, 0) is 11.3 Å². The topological polar surface area (TPSA) is 103 Å². The van der Waals surface area contributed by atoms with Crippen LogP contribution in [0.2, 0.25) is 0 Å². The van der Waals surface area contributed by atoms with Crippen molar-refractivity contribution in [3.05, 3.63) is 53.9 Å². The molecule has 0 saturated heterocycles. The van der Waals surface area contributed by atoms with Crippen LogP contribution in [-0.4, -0.2) is 47.4 Å². The van der Waals surface area contributed by atoms with E-state index in [0.29, 0.717) is 13.1 Å². The Hall–Kier alpha value is -3.10. The summed E-state index contributed by atoms with van der Waals surface area (Å²) in [6, 6.07) is 8.85. The molecule has 0 fully saturated rings. The SMILES string of the molecule is Cc1nc(C)n(CCCNC(=O)[C@@H](c2ccccc2)n2cnnn2)n1. The quantitative estimate of drug-likeness (QED) is 0.634. The molecule has 3 aromatic rings. The van der Waals surface area contributed by atoms with Crippen LogP contribution in [0.3, 0.4) is 0 Å². The molecule has 0 saturated carbocycles. The smallest absolute Gasteiger partial charge is 0.249 e. The standard InChI is InChI=1S/C16H20N8O/c1-12-19-13(2)23(20-12)10-6-9-17-16(25)15(24-11-18-21-22-24)14-7-4-3-5-8-14/h3-5,7-8,11,15H,6,9-10H2,1-2H3,(H,17,25)/t15-/m1/s1. The van der Waals surface area contributed by atoms with Gasteiger partial charge in [-0.3, -0.25) is 9.48 Å². The molecule has 3 rings (SSSR count). The Morgan fingerprint density at radius 2 is 2.04 bits per heavy atom. The molecular formula is C16H20N8O. The van der Waals surface area contributed by atoms with E-state index in [0.717, 1.165) is 23.6 Å². The maximum absolute atomic E-state index is 12.7. The Morgan fingerprint density at radius 3 is 2.68 bits per heavy atom. The molecule has 0 aliphatic heterocycles. The fourth-order valence-electron chi connectivity index (χ4n) is 2.66. The first-order valence-electron chi connectivity index (χ1n) is 8.08. The normalized spacial score (nSPS) is 12.1. The van der Waals surface area contributed by atoms with Gasteiger partial charge in [0, 0.05) is 13.1 Å². The van der Waals surface area contributed by atoms with E-state index < -0.39 is 6.04 Å². The number of hydrogen-bond acceptors (Lipinski definition) is 6. The van der Waals surface area contributed by atoms with Crippen LogP contribution in [0, 0.1) is 13.8 Å². The van der Waals surface area contributed by atoms with E-state index in [1.54, 1.807) is 0 Å². The van der Waals surface area contributed by atoms with Gasteiger partial charge in [0.15, 0.2) is 6.04 Å². The summed E-state index contributed by atoms with van der Waals surface area (Å²) in [5.74, 6) is 1.48. The number of nitrogens with one attached hydrogen (secondary N) is 1. The van der Waals surface area contributed by atoms with Crippen molar-refractivity contribution < 1.29 is 4.79 Å². The lowest BCUT2D eigenvalue weighted by Crippen LogP contribution is -2.34. The van der Waals surface area contributed by atoms with Crippen LogP contribution in [0.25, 0.3) is 0 Å². The van der Waals surface area contributed by atoms with E-state index in [9.17, 15) is 4.79 Å². The lowest BCUT2D eigenvalue weighted by Gasteiger charge is -2.16. The second-order valence-corrected chi connectivity index (χ2v) is 5.68. The second-order valence-electron chi connectivity index (χ2n) is 5.68. The van der Waals surface area contributed by atoms with Gasteiger partial charge >= 0.3 is 0 Å². The Labute approximate surface area is 145 Å². The molecule has 0 bridgehead atoms. The number of aromatic nitrogens is 7. The number of benzene rings is 1. The van der Waals surface area contributed by atoms with Gasteiger partial charge < -0.3 is 5.32 Å². The summed E-state index contributed by atoms with van der Waals surface area (Å²) in [7, 11) is 0. The third kappa shape index (κ3) is 4.06. The van der Waals surface area contributed by atoms with Crippen LogP contribution in [0.4, 0.5) is 0 Å². The summed E-state index contributed by atoms with van der Waals surface area (Å²) in [5.41, 5.74) is 0.829. The number of amides is 1. The van der Waals surface area contributed by atoms with Crippen molar-refractivity contribution in [2.75, 3.05) is 6.54 Å². The largest absolute Gasteiger partial charge is 0.354 e. The van der Waals surface area contributed by atoms with E-state index >= 15 is 0 Å². The second kappa shape index (κ2) is 7.65. The fraction of sp³-hybridized carbons (Fsp3) is 0.375. The van der Waals surface area contributed by atoms with Gasteiger partial charge in [-0.05, 0) is 36.3 Å². The Morgan fingerprint density at radius 1 is 1.24 bits per heavy atom. The maximum atomic E-state index is 12.7. The molecule has 0 spiro atoms. The highest BCUT2D eigenvalue weighted by atomic mass is 16.2. The zero-order valence-electron chi connectivity index (χ0n) is 14.2. The molecule has 1 amide bonds. The van der Waals surface area contributed by atoms with Gasteiger partial charge in [-0.15, -0.1) is 5.10 Å². The van der Waals surface area contributed by atoms with E-state index in [1.807, 2.05) is 48.9 Å². The van der Waals surface area contributed by atoms with Crippen molar-refractivity contribution >= 4 is 5.91 Å². The third-order valence-corrected chi connectivity index (χ3v) is 3.80. The first-order valence-corrected chi connectivity index (χ1v) is 8.08. The molecule has 2 heterocycles. The molecule has 1 aromatic carbocycles. The minimum atomic E-state index is -0.591. The number of rotatable bonds is 7. The van der Waals surface area contributed by atoms with Crippen molar-refractivity contribution in [1.29, 1.82) is 0 Å². The third-order valence-electron chi connectivity index (χ3n) is 3.80. The Bertz CT molecular complexity index is 812. The van der Waals surface area contributed by atoms with Crippen molar-refractivity contribution in [3.8, 4) is 0 Å². The van der Waals surface area contributed by atoms with E-state index in [4.69, 9.17) is 0 Å². The van der Waals surface area contributed by atoms with Crippen LogP contribution in [0.5, 0.6) is 0 Å². The Kier molecular flexibility index (Phi) is 5.12. The summed E-state index contributed by atoms with van der Waals surface area (Å²) < 4.78 is 3.30. The van der Waals surface area contributed by atoms with Gasteiger partial charge in [0.1, 0.15) is 18.0 Å². The van der Waals surface area contributed by atoms with Crippen molar-refractivity contribution in [2.24, 2.45) is 0 Å². The first-order chi connectivity index (χ1) is 12.1. The van der Waals surface area contributed by atoms with Crippen LogP contribution < -0.4 is 5.32 Å². The molecule has 9 nitrogen and oxygen atoms in total. The van der Waals surface area contributed by atoms with Gasteiger partial charge in [0.05, 0.1) is 0 Å². The number of carbonyl (C=O) groups is 1. The molecule has 2 aromatic heterocycles. The monoisotopic (exact) mass is 340 g/mol. The van der Waals surface area contributed by atoms with Gasteiger partial charge in [-0.25, -0.2) is 9.67 Å². The van der Waals surface area contributed by atoms with Crippen LogP contribution in [0.15, 0.2) is 36.7 Å². The minimum Gasteiger partial charge on any atom is -0.354 e. The van der Waals surface area contributed by atoms with Gasteiger partial charge in [0.2, 0.25) is 5.91 Å². The average Bonchev–Trinajstić information content (AvgIpc) is 3.23. The summed E-state index contributed by atoms with van der Waals surface area (Å²) in [4.78, 5) is 16.9. The summed E-state index contributed by atoms with van der Waals surface area (Å²) in [5, 5.41) is 18.4. The van der Waals surface area contributed by atoms with Crippen molar-refractivity contribution in [2.45, 2.75) is 32.9 Å². The van der Waals surface area contributed by atoms with Crippen LogP contribution in [0.1, 0.15) is 29.7 Å². The number of tetrazole rings is 1. The number of carbonyl (C=O) groups excluding carboxylic acids is 1. The zero-order valence-corrected chi connectivity index (χ0v) is 14.2. The highest BCUT2D eigenvalue weighted by molar-refractivity contribution is 5.83. The maximum Gasteiger partial charge on any atom is 0.249 e.